The van der Waals surface area contributed by atoms with Crippen molar-refractivity contribution in [3.8, 4) is 0 Å². The van der Waals surface area contributed by atoms with Gasteiger partial charge in [0.25, 0.3) is 0 Å². The summed E-state index contributed by atoms with van der Waals surface area (Å²) in [5.74, 6) is -0.101. The van der Waals surface area contributed by atoms with Gasteiger partial charge >= 0.3 is 5.97 Å². The summed E-state index contributed by atoms with van der Waals surface area (Å²) in [7, 11) is -1.17. The number of carbonyl (C=O) groups is 1. The Morgan fingerprint density at radius 3 is 2.76 bits per heavy atom. The monoisotopic (exact) mass is 300 g/mol. The normalized spacial score (nSPS) is 17.7. The van der Waals surface area contributed by atoms with Crippen molar-refractivity contribution in [2.45, 2.75) is 24.2 Å². The molecule has 0 aliphatic heterocycles. The van der Waals surface area contributed by atoms with Crippen molar-refractivity contribution in [3.63, 3.8) is 0 Å². The highest BCUT2D eigenvalue weighted by atomic mass is 32.2. The van der Waals surface area contributed by atoms with Crippen LogP contribution in [-0.2, 0) is 17.2 Å². The predicted octanol–water partition coefficient (Wildman–Crippen LogP) is 3.14. The van der Waals surface area contributed by atoms with Crippen molar-refractivity contribution in [2.75, 3.05) is 5.75 Å². The van der Waals surface area contributed by atoms with Crippen LogP contribution in [-0.4, -0.2) is 21.0 Å². The number of aryl methyl sites for hydroxylation is 1. The van der Waals surface area contributed by atoms with Crippen molar-refractivity contribution >= 4 is 16.8 Å². The Balaban J connectivity index is 1.78. The van der Waals surface area contributed by atoms with Crippen molar-refractivity contribution in [2.24, 2.45) is 0 Å². The quantitative estimate of drug-likeness (QED) is 0.943. The molecule has 1 N–H and O–H groups in total. The highest BCUT2D eigenvalue weighted by molar-refractivity contribution is 7.85. The van der Waals surface area contributed by atoms with Crippen LogP contribution in [0.1, 0.15) is 33.0 Å². The fourth-order valence-corrected chi connectivity index (χ4v) is 4.09. The smallest absolute Gasteiger partial charge is 0.335 e. The SMILES string of the molecule is Cc1ccc(S(=O)CC2Cc3ccccc32)cc1C(=O)O. The maximum atomic E-state index is 12.5. The van der Waals surface area contributed by atoms with Gasteiger partial charge in [0.15, 0.2) is 0 Å². The minimum absolute atomic E-state index is 0.231. The molecule has 2 unspecified atom stereocenters. The van der Waals surface area contributed by atoms with E-state index in [-0.39, 0.29) is 5.56 Å². The maximum absolute atomic E-state index is 12.5. The molecule has 0 saturated heterocycles. The van der Waals surface area contributed by atoms with E-state index in [1.165, 1.54) is 11.1 Å². The van der Waals surface area contributed by atoms with Gasteiger partial charge in [-0.1, -0.05) is 30.3 Å². The number of hydrogen-bond acceptors (Lipinski definition) is 2. The van der Waals surface area contributed by atoms with E-state index in [9.17, 15) is 9.00 Å². The molecule has 0 bridgehead atoms. The van der Waals surface area contributed by atoms with Gasteiger partial charge in [0, 0.05) is 16.6 Å². The Bertz CT molecular complexity index is 737. The third kappa shape index (κ3) is 2.63. The summed E-state index contributed by atoms with van der Waals surface area (Å²) < 4.78 is 12.5. The number of rotatable bonds is 4. The van der Waals surface area contributed by atoms with Crippen LogP contribution >= 0.6 is 0 Å². The zero-order valence-corrected chi connectivity index (χ0v) is 12.5. The standard InChI is InChI=1S/C17H16O3S/c1-11-6-7-14(9-16(11)17(18)19)21(20)10-13-8-12-4-2-3-5-15(12)13/h2-7,9,13H,8,10H2,1H3,(H,18,19). The van der Waals surface area contributed by atoms with Crippen molar-refractivity contribution < 1.29 is 14.1 Å². The Hall–Kier alpha value is -1.94. The minimum atomic E-state index is -1.17. The first kappa shape index (κ1) is 14.0. The van der Waals surface area contributed by atoms with Crippen molar-refractivity contribution in [3.05, 3.63) is 64.7 Å². The Morgan fingerprint density at radius 2 is 2.05 bits per heavy atom. The number of carboxylic acids is 1. The number of aromatic carboxylic acids is 1. The first-order chi connectivity index (χ1) is 10.1. The zero-order valence-electron chi connectivity index (χ0n) is 11.7. The maximum Gasteiger partial charge on any atom is 0.335 e. The fourth-order valence-electron chi connectivity index (χ4n) is 2.76. The molecule has 0 fully saturated rings. The Kier molecular flexibility index (Phi) is 3.64. The van der Waals surface area contributed by atoms with E-state index in [2.05, 4.69) is 12.1 Å². The van der Waals surface area contributed by atoms with E-state index in [1.54, 1.807) is 25.1 Å². The Morgan fingerprint density at radius 1 is 1.29 bits per heavy atom. The summed E-state index contributed by atoms with van der Waals surface area (Å²) in [5, 5.41) is 9.14. The van der Waals surface area contributed by atoms with Crippen LogP contribution in [0.15, 0.2) is 47.4 Å². The van der Waals surface area contributed by atoms with Crippen molar-refractivity contribution in [1.29, 1.82) is 0 Å². The molecular weight excluding hydrogens is 284 g/mol. The second-order valence-corrected chi connectivity index (χ2v) is 6.89. The number of benzene rings is 2. The van der Waals surface area contributed by atoms with Gasteiger partial charge in [-0.2, -0.15) is 0 Å². The van der Waals surface area contributed by atoms with Crippen LogP contribution in [0.2, 0.25) is 0 Å². The molecule has 1 aliphatic rings. The lowest BCUT2D eigenvalue weighted by Gasteiger charge is -2.29. The Labute approximate surface area is 126 Å². The molecular formula is C17H16O3S. The molecule has 108 valence electrons. The summed E-state index contributed by atoms with van der Waals surface area (Å²) in [6.45, 7) is 1.75. The third-order valence-electron chi connectivity index (χ3n) is 4.02. The van der Waals surface area contributed by atoms with E-state index in [0.29, 0.717) is 22.1 Å². The highest BCUT2D eigenvalue weighted by Crippen LogP contribution is 2.36. The molecule has 2 aromatic rings. The minimum Gasteiger partial charge on any atom is -0.478 e. The van der Waals surface area contributed by atoms with Gasteiger partial charge in [-0.3, -0.25) is 4.21 Å². The molecule has 2 aromatic carbocycles. The van der Waals surface area contributed by atoms with Crippen molar-refractivity contribution in [1.82, 2.24) is 0 Å². The molecule has 3 nitrogen and oxygen atoms in total. The molecule has 0 radical (unpaired) electrons. The van der Waals surface area contributed by atoms with E-state index >= 15 is 0 Å². The van der Waals surface area contributed by atoms with Crippen LogP contribution < -0.4 is 0 Å². The summed E-state index contributed by atoms with van der Waals surface area (Å²) in [6.07, 6.45) is 0.958. The lowest BCUT2D eigenvalue weighted by Crippen LogP contribution is -2.22. The van der Waals surface area contributed by atoms with Gasteiger partial charge in [0.1, 0.15) is 0 Å². The van der Waals surface area contributed by atoms with E-state index in [1.807, 2.05) is 12.1 Å². The molecule has 1 aliphatic carbocycles. The van der Waals surface area contributed by atoms with Crippen LogP contribution in [0, 0.1) is 6.92 Å². The first-order valence-corrected chi connectivity index (χ1v) is 8.18. The van der Waals surface area contributed by atoms with Crippen LogP contribution in [0.5, 0.6) is 0 Å². The first-order valence-electron chi connectivity index (χ1n) is 6.86. The molecule has 0 spiro atoms. The molecule has 0 aromatic heterocycles. The lowest BCUT2D eigenvalue weighted by atomic mass is 9.79. The van der Waals surface area contributed by atoms with E-state index < -0.39 is 16.8 Å². The van der Waals surface area contributed by atoms with Gasteiger partial charge in [-0.15, -0.1) is 0 Å². The zero-order chi connectivity index (χ0) is 15.0. The van der Waals surface area contributed by atoms with Crippen LogP contribution in [0.25, 0.3) is 0 Å². The summed E-state index contributed by atoms with van der Waals surface area (Å²) in [4.78, 5) is 11.8. The highest BCUT2D eigenvalue weighted by Gasteiger charge is 2.27. The van der Waals surface area contributed by atoms with E-state index in [0.717, 1.165) is 6.42 Å². The average Bonchev–Trinajstić information content (AvgIpc) is 2.44. The molecule has 21 heavy (non-hydrogen) atoms. The molecule has 2 atom stereocenters. The number of hydrogen-bond donors (Lipinski definition) is 1. The third-order valence-corrected chi connectivity index (χ3v) is 5.50. The van der Waals surface area contributed by atoms with E-state index in [4.69, 9.17) is 5.11 Å². The van der Waals surface area contributed by atoms with Gasteiger partial charge in [-0.25, -0.2) is 4.79 Å². The largest absolute Gasteiger partial charge is 0.478 e. The molecule has 0 heterocycles. The number of fused-ring (bicyclic) bond motifs is 1. The average molecular weight is 300 g/mol. The molecule has 4 heteroatoms. The van der Waals surface area contributed by atoms with Gasteiger partial charge in [-0.05, 0) is 42.2 Å². The van der Waals surface area contributed by atoms with Gasteiger partial charge < -0.3 is 5.11 Å². The molecule has 0 saturated carbocycles. The summed E-state index contributed by atoms with van der Waals surface area (Å²) >= 11 is 0. The molecule has 3 rings (SSSR count). The number of carboxylic acid groups (broad SMARTS) is 1. The second kappa shape index (κ2) is 5.45. The summed E-state index contributed by atoms with van der Waals surface area (Å²) in [6, 6.07) is 13.2. The van der Waals surface area contributed by atoms with Crippen LogP contribution in [0.3, 0.4) is 0 Å². The molecule has 0 amide bonds. The van der Waals surface area contributed by atoms with Gasteiger partial charge in [0.05, 0.1) is 16.4 Å². The predicted molar refractivity (Wildman–Crippen MR) is 82.3 cm³/mol. The topological polar surface area (TPSA) is 54.4 Å². The summed E-state index contributed by atoms with van der Waals surface area (Å²) in [5.41, 5.74) is 3.53. The lowest BCUT2D eigenvalue weighted by molar-refractivity contribution is 0.0696. The van der Waals surface area contributed by atoms with Gasteiger partial charge in [0.2, 0.25) is 0 Å². The fraction of sp³-hybridized carbons (Fsp3) is 0.235. The second-order valence-electron chi connectivity index (χ2n) is 5.39. The van der Waals surface area contributed by atoms with Crippen LogP contribution in [0.4, 0.5) is 0 Å².